The number of aromatic nitrogens is 2. The second kappa shape index (κ2) is 7.84. The van der Waals surface area contributed by atoms with Crippen LogP contribution in [-0.2, 0) is 13.1 Å². The number of nitrogens with one attached hydrogen (secondary N) is 1. The van der Waals surface area contributed by atoms with E-state index in [0.717, 1.165) is 31.7 Å². The summed E-state index contributed by atoms with van der Waals surface area (Å²) < 4.78 is 7.68. The van der Waals surface area contributed by atoms with Gasteiger partial charge in [0.25, 0.3) is 0 Å². The summed E-state index contributed by atoms with van der Waals surface area (Å²) in [4.78, 5) is 4.25. The molecule has 0 saturated heterocycles. The van der Waals surface area contributed by atoms with Crippen LogP contribution in [0.1, 0.15) is 44.0 Å². The summed E-state index contributed by atoms with van der Waals surface area (Å²) in [6, 6.07) is 8.49. The van der Waals surface area contributed by atoms with Crippen molar-refractivity contribution in [1.82, 2.24) is 14.9 Å². The fraction of sp³-hybridized carbons (Fsp3) is 0.471. The number of aryl methyl sites for hydroxylation is 1. The molecule has 1 aromatic carbocycles. The number of hydrogen-bond donors (Lipinski definition) is 1. The third kappa shape index (κ3) is 3.85. The quantitative estimate of drug-likeness (QED) is 0.807. The van der Waals surface area contributed by atoms with Crippen LogP contribution in [0, 0.1) is 0 Å². The van der Waals surface area contributed by atoms with Gasteiger partial charge >= 0.3 is 0 Å². The lowest BCUT2D eigenvalue weighted by molar-refractivity contribution is 0.395. The van der Waals surface area contributed by atoms with Gasteiger partial charge in [0.1, 0.15) is 5.75 Å². The number of para-hydroxylation sites is 1. The van der Waals surface area contributed by atoms with Crippen LogP contribution in [0.2, 0.25) is 0 Å². The average molecular weight is 287 g/mol. The zero-order valence-corrected chi connectivity index (χ0v) is 13.2. The Morgan fingerprint density at radius 1 is 1.29 bits per heavy atom. The van der Waals surface area contributed by atoms with E-state index in [1.165, 1.54) is 11.3 Å². The van der Waals surface area contributed by atoms with Crippen molar-refractivity contribution in [2.75, 3.05) is 7.11 Å². The number of methoxy groups -OCH3 is 1. The number of ether oxygens (including phenoxy) is 1. The third-order valence-corrected chi connectivity index (χ3v) is 3.72. The van der Waals surface area contributed by atoms with Gasteiger partial charge in [0.15, 0.2) is 0 Å². The largest absolute Gasteiger partial charge is 0.496 e. The fourth-order valence-electron chi connectivity index (χ4n) is 2.59. The highest BCUT2D eigenvalue weighted by molar-refractivity contribution is 5.35. The first-order valence-electron chi connectivity index (χ1n) is 7.65. The first-order chi connectivity index (χ1) is 10.3. The van der Waals surface area contributed by atoms with Crippen molar-refractivity contribution >= 4 is 0 Å². The molecule has 1 unspecified atom stereocenters. The highest BCUT2D eigenvalue weighted by Gasteiger charge is 2.14. The molecule has 1 atom stereocenters. The molecule has 1 N–H and O–H groups in total. The van der Waals surface area contributed by atoms with Crippen molar-refractivity contribution < 1.29 is 4.74 Å². The summed E-state index contributed by atoms with van der Waals surface area (Å²) >= 11 is 0. The van der Waals surface area contributed by atoms with Gasteiger partial charge in [-0.1, -0.05) is 32.0 Å². The summed E-state index contributed by atoms with van der Waals surface area (Å²) in [7, 11) is 1.72. The molecule has 114 valence electrons. The van der Waals surface area contributed by atoms with Crippen LogP contribution in [0.15, 0.2) is 36.8 Å². The van der Waals surface area contributed by atoms with Crippen molar-refractivity contribution in [2.24, 2.45) is 0 Å². The van der Waals surface area contributed by atoms with E-state index in [-0.39, 0.29) is 6.04 Å². The van der Waals surface area contributed by atoms with Gasteiger partial charge in [-0.25, -0.2) is 4.98 Å². The second-order valence-electron chi connectivity index (χ2n) is 5.16. The molecular formula is C17H25N3O. The monoisotopic (exact) mass is 287 g/mol. The molecular weight excluding hydrogens is 262 g/mol. The third-order valence-electron chi connectivity index (χ3n) is 3.72. The SMILES string of the molecule is CCCn1cncc1CNC(CC)c1ccccc1OC. The standard InChI is InChI=1S/C17H25N3O/c1-4-10-20-13-18-11-14(20)12-19-16(5-2)15-8-6-7-9-17(15)21-3/h6-9,11,13,16,19H,4-5,10,12H2,1-3H3. The molecule has 0 saturated carbocycles. The number of hydrogen-bond acceptors (Lipinski definition) is 3. The Morgan fingerprint density at radius 2 is 2.10 bits per heavy atom. The zero-order chi connectivity index (χ0) is 15.1. The first-order valence-corrected chi connectivity index (χ1v) is 7.65. The summed E-state index contributed by atoms with van der Waals surface area (Å²) in [6.07, 6.45) is 5.98. The maximum atomic E-state index is 5.47. The number of rotatable bonds is 8. The Bertz CT molecular complexity index is 550. The molecule has 2 rings (SSSR count). The molecule has 0 radical (unpaired) electrons. The lowest BCUT2D eigenvalue weighted by Gasteiger charge is -2.20. The van der Waals surface area contributed by atoms with Gasteiger partial charge in [-0.05, 0) is 18.9 Å². The van der Waals surface area contributed by atoms with Crippen molar-refractivity contribution in [1.29, 1.82) is 0 Å². The van der Waals surface area contributed by atoms with Crippen LogP contribution < -0.4 is 10.1 Å². The van der Waals surface area contributed by atoms with E-state index in [9.17, 15) is 0 Å². The van der Waals surface area contributed by atoms with Gasteiger partial charge in [-0.3, -0.25) is 0 Å². The van der Waals surface area contributed by atoms with E-state index in [1.807, 2.05) is 24.7 Å². The van der Waals surface area contributed by atoms with Gasteiger partial charge in [0.2, 0.25) is 0 Å². The molecule has 2 aromatic rings. The summed E-state index contributed by atoms with van der Waals surface area (Å²) in [6.45, 7) is 6.20. The van der Waals surface area contributed by atoms with Gasteiger partial charge in [-0.15, -0.1) is 0 Å². The van der Waals surface area contributed by atoms with Crippen LogP contribution in [-0.4, -0.2) is 16.7 Å². The molecule has 0 aliphatic heterocycles. The van der Waals surface area contributed by atoms with Crippen molar-refractivity contribution in [3.05, 3.63) is 48.0 Å². The van der Waals surface area contributed by atoms with Crippen LogP contribution >= 0.6 is 0 Å². The molecule has 0 bridgehead atoms. The molecule has 1 aromatic heterocycles. The van der Waals surface area contributed by atoms with Crippen LogP contribution in [0.4, 0.5) is 0 Å². The number of nitrogens with zero attached hydrogens (tertiary/aromatic N) is 2. The minimum absolute atomic E-state index is 0.283. The smallest absolute Gasteiger partial charge is 0.123 e. The number of benzene rings is 1. The predicted octanol–water partition coefficient (Wildman–Crippen LogP) is 3.54. The lowest BCUT2D eigenvalue weighted by atomic mass is 10.0. The van der Waals surface area contributed by atoms with Crippen LogP contribution in [0.3, 0.4) is 0 Å². The normalized spacial score (nSPS) is 12.3. The molecule has 1 heterocycles. The molecule has 4 nitrogen and oxygen atoms in total. The summed E-state index contributed by atoms with van der Waals surface area (Å²) in [5, 5.41) is 3.62. The molecule has 0 fully saturated rings. The van der Waals surface area contributed by atoms with E-state index in [2.05, 4.69) is 40.8 Å². The Balaban J connectivity index is 2.07. The fourth-order valence-corrected chi connectivity index (χ4v) is 2.59. The van der Waals surface area contributed by atoms with E-state index < -0.39 is 0 Å². The number of imidazole rings is 1. The van der Waals surface area contributed by atoms with E-state index in [1.54, 1.807) is 7.11 Å². The van der Waals surface area contributed by atoms with Crippen LogP contribution in [0.5, 0.6) is 5.75 Å². The van der Waals surface area contributed by atoms with Crippen molar-refractivity contribution in [3.63, 3.8) is 0 Å². The molecule has 0 aliphatic carbocycles. The van der Waals surface area contributed by atoms with Crippen molar-refractivity contribution in [2.45, 2.75) is 45.8 Å². The van der Waals surface area contributed by atoms with E-state index in [0.29, 0.717) is 0 Å². The zero-order valence-electron chi connectivity index (χ0n) is 13.2. The molecule has 0 aliphatic rings. The minimum Gasteiger partial charge on any atom is -0.496 e. The average Bonchev–Trinajstić information content (AvgIpc) is 2.96. The maximum absolute atomic E-state index is 5.47. The van der Waals surface area contributed by atoms with Gasteiger partial charge in [0.05, 0.1) is 19.1 Å². The minimum atomic E-state index is 0.283. The van der Waals surface area contributed by atoms with Crippen LogP contribution in [0.25, 0.3) is 0 Å². The Hall–Kier alpha value is -1.81. The Morgan fingerprint density at radius 3 is 2.81 bits per heavy atom. The Labute approximate surface area is 127 Å². The van der Waals surface area contributed by atoms with Gasteiger partial charge < -0.3 is 14.6 Å². The summed E-state index contributed by atoms with van der Waals surface area (Å²) in [5.41, 5.74) is 2.44. The topological polar surface area (TPSA) is 39.1 Å². The Kier molecular flexibility index (Phi) is 5.81. The van der Waals surface area contributed by atoms with E-state index >= 15 is 0 Å². The summed E-state index contributed by atoms with van der Waals surface area (Å²) in [5.74, 6) is 0.943. The predicted molar refractivity (Wildman–Crippen MR) is 85.4 cm³/mol. The maximum Gasteiger partial charge on any atom is 0.123 e. The molecule has 4 heteroatoms. The van der Waals surface area contributed by atoms with Gasteiger partial charge in [-0.2, -0.15) is 0 Å². The highest BCUT2D eigenvalue weighted by atomic mass is 16.5. The second-order valence-corrected chi connectivity index (χ2v) is 5.16. The van der Waals surface area contributed by atoms with E-state index in [4.69, 9.17) is 4.74 Å². The molecule has 0 spiro atoms. The first kappa shape index (κ1) is 15.6. The lowest BCUT2D eigenvalue weighted by Crippen LogP contribution is -2.22. The van der Waals surface area contributed by atoms with Gasteiger partial charge in [0, 0.05) is 30.9 Å². The van der Waals surface area contributed by atoms with Crippen molar-refractivity contribution in [3.8, 4) is 5.75 Å². The highest BCUT2D eigenvalue weighted by Crippen LogP contribution is 2.27. The molecule has 0 amide bonds. The molecule has 21 heavy (non-hydrogen) atoms.